The highest BCUT2D eigenvalue weighted by atomic mass is 16.5. The third kappa shape index (κ3) is 2.41. The van der Waals surface area contributed by atoms with E-state index >= 15 is 0 Å². The summed E-state index contributed by atoms with van der Waals surface area (Å²) in [6, 6.07) is 8.51. The first-order valence-corrected chi connectivity index (χ1v) is 9.41. The molecule has 1 amide bonds. The predicted molar refractivity (Wildman–Crippen MR) is 96.3 cm³/mol. The van der Waals surface area contributed by atoms with Crippen LogP contribution in [-0.2, 0) is 9.53 Å². The molecule has 1 aliphatic heterocycles. The van der Waals surface area contributed by atoms with E-state index in [1.807, 2.05) is 12.1 Å². The average molecular weight is 343 g/mol. The zero-order valence-corrected chi connectivity index (χ0v) is 15.7. The lowest BCUT2D eigenvalue weighted by atomic mass is 9.59. The summed E-state index contributed by atoms with van der Waals surface area (Å²) >= 11 is 0. The van der Waals surface area contributed by atoms with Crippen LogP contribution in [0.3, 0.4) is 0 Å². The molecule has 1 heterocycles. The molecule has 1 aromatic carbocycles. The van der Waals surface area contributed by atoms with E-state index in [-0.39, 0.29) is 28.9 Å². The van der Waals surface area contributed by atoms with Crippen LogP contribution in [0.15, 0.2) is 24.3 Å². The molecule has 0 aromatic heterocycles. The van der Waals surface area contributed by atoms with Crippen molar-refractivity contribution in [3.05, 3.63) is 29.8 Å². The Balaban J connectivity index is 1.71. The van der Waals surface area contributed by atoms with Gasteiger partial charge >= 0.3 is 0 Å². The van der Waals surface area contributed by atoms with Crippen molar-refractivity contribution in [1.29, 1.82) is 0 Å². The number of methoxy groups -OCH3 is 1. The van der Waals surface area contributed by atoms with Crippen LogP contribution >= 0.6 is 0 Å². The number of rotatable bonds is 3. The van der Waals surface area contributed by atoms with Gasteiger partial charge in [0.05, 0.1) is 13.2 Å². The fourth-order valence-electron chi connectivity index (χ4n) is 6.14. The number of carbonyl (C=O) groups excluding carboxylic acids is 1. The lowest BCUT2D eigenvalue weighted by molar-refractivity contribution is -0.136. The molecule has 0 radical (unpaired) electrons. The molecule has 3 fully saturated rings. The molecular weight excluding hydrogens is 314 g/mol. The number of ether oxygens (including phenoxy) is 2. The van der Waals surface area contributed by atoms with Gasteiger partial charge in [0.2, 0.25) is 5.91 Å². The topological polar surface area (TPSA) is 47.6 Å². The largest absolute Gasteiger partial charge is 0.497 e. The van der Waals surface area contributed by atoms with Crippen molar-refractivity contribution in [1.82, 2.24) is 5.32 Å². The SMILES string of the molecule is COc1cccc([C@H]2OCC[C@@]34C[C@@H](C[C@H]23)C(C)(C)[C@@H]4NC(C)=O)c1. The van der Waals surface area contributed by atoms with Crippen LogP contribution in [0.4, 0.5) is 0 Å². The minimum absolute atomic E-state index is 0.0863. The van der Waals surface area contributed by atoms with Crippen molar-refractivity contribution in [3.8, 4) is 5.75 Å². The van der Waals surface area contributed by atoms with E-state index in [1.165, 1.54) is 18.4 Å². The normalized spacial score (nSPS) is 38.2. The van der Waals surface area contributed by atoms with Gasteiger partial charge in [-0.2, -0.15) is 0 Å². The Hall–Kier alpha value is -1.55. The van der Waals surface area contributed by atoms with Crippen molar-refractivity contribution >= 4 is 5.91 Å². The molecule has 25 heavy (non-hydrogen) atoms. The van der Waals surface area contributed by atoms with Gasteiger partial charge in [0.25, 0.3) is 0 Å². The molecule has 136 valence electrons. The molecule has 2 bridgehead atoms. The van der Waals surface area contributed by atoms with Crippen LogP contribution in [0, 0.1) is 22.7 Å². The zero-order chi connectivity index (χ0) is 17.8. The Morgan fingerprint density at radius 3 is 2.88 bits per heavy atom. The van der Waals surface area contributed by atoms with Crippen LogP contribution in [0.5, 0.6) is 5.75 Å². The molecule has 2 aliphatic carbocycles. The summed E-state index contributed by atoms with van der Waals surface area (Å²) in [6.45, 7) is 7.07. The number of benzene rings is 1. The highest BCUT2D eigenvalue weighted by Gasteiger charge is 2.68. The first-order chi connectivity index (χ1) is 11.9. The monoisotopic (exact) mass is 343 g/mol. The Bertz CT molecular complexity index is 685. The van der Waals surface area contributed by atoms with Gasteiger partial charge in [0, 0.05) is 19.6 Å². The summed E-state index contributed by atoms with van der Waals surface area (Å²) in [4.78, 5) is 11.9. The van der Waals surface area contributed by atoms with Crippen molar-refractivity contribution < 1.29 is 14.3 Å². The van der Waals surface area contributed by atoms with Gasteiger partial charge in [0.1, 0.15) is 5.75 Å². The molecule has 1 saturated heterocycles. The highest BCUT2D eigenvalue weighted by molar-refractivity contribution is 5.73. The maximum Gasteiger partial charge on any atom is 0.217 e. The van der Waals surface area contributed by atoms with E-state index in [9.17, 15) is 4.79 Å². The van der Waals surface area contributed by atoms with Gasteiger partial charge in [-0.15, -0.1) is 0 Å². The van der Waals surface area contributed by atoms with E-state index in [1.54, 1.807) is 14.0 Å². The molecule has 3 aliphatic rings. The van der Waals surface area contributed by atoms with Crippen LogP contribution in [0.1, 0.15) is 51.7 Å². The van der Waals surface area contributed by atoms with Gasteiger partial charge in [-0.05, 0) is 59.6 Å². The second kappa shape index (κ2) is 5.73. The lowest BCUT2D eigenvalue weighted by Gasteiger charge is -2.53. The smallest absolute Gasteiger partial charge is 0.217 e. The van der Waals surface area contributed by atoms with Crippen molar-refractivity contribution in [2.45, 2.75) is 52.2 Å². The van der Waals surface area contributed by atoms with Crippen molar-refractivity contribution in [2.75, 3.05) is 13.7 Å². The summed E-state index contributed by atoms with van der Waals surface area (Å²) in [6.07, 6.45) is 3.54. The number of carbonyl (C=O) groups is 1. The predicted octanol–water partition coefficient (Wildman–Crippen LogP) is 3.71. The van der Waals surface area contributed by atoms with E-state index < -0.39 is 0 Å². The quantitative estimate of drug-likeness (QED) is 0.910. The van der Waals surface area contributed by atoms with Gasteiger partial charge in [0.15, 0.2) is 0 Å². The van der Waals surface area contributed by atoms with E-state index in [2.05, 4.69) is 31.3 Å². The average Bonchev–Trinajstić information content (AvgIpc) is 3.07. The van der Waals surface area contributed by atoms with Crippen LogP contribution < -0.4 is 10.1 Å². The number of nitrogens with one attached hydrogen (secondary N) is 1. The molecule has 2 saturated carbocycles. The maximum atomic E-state index is 11.9. The highest BCUT2D eigenvalue weighted by Crippen LogP contribution is 2.70. The van der Waals surface area contributed by atoms with Crippen LogP contribution in [0.2, 0.25) is 0 Å². The van der Waals surface area contributed by atoms with Crippen molar-refractivity contribution in [3.63, 3.8) is 0 Å². The number of hydrogen-bond acceptors (Lipinski definition) is 3. The number of fused-ring (bicyclic) bond motifs is 1. The molecule has 4 rings (SSSR count). The Labute approximate surface area is 150 Å². The zero-order valence-electron chi connectivity index (χ0n) is 15.7. The summed E-state index contributed by atoms with van der Waals surface area (Å²) in [5.41, 5.74) is 1.51. The molecule has 1 spiro atoms. The fraction of sp³-hybridized carbons (Fsp3) is 0.667. The molecule has 1 aromatic rings. The first kappa shape index (κ1) is 16.9. The molecule has 4 heteroatoms. The summed E-state index contributed by atoms with van der Waals surface area (Å²) in [7, 11) is 1.70. The molecule has 4 nitrogen and oxygen atoms in total. The second-order valence-corrected chi connectivity index (χ2v) is 8.75. The fourth-order valence-corrected chi connectivity index (χ4v) is 6.14. The van der Waals surface area contributed by atoms with Gasteiger partial charge in [-0.3, -0.25) is 4.79 Å². The van der Waals surface area contributed by atoms with Gasteiger partial charge < -0.3 is 14.8 Å². The van der Waals surface area contributed by atoms with Crippen molar-refractivity contribution in [2.24, 2.45) is 22.7 Å². The standard InChI is InChI=1S/C21H29NO3/c1-13(23)22-19-20(2,3)15-11-17-18(25-9-8-21(17,19)12-15)14-6-5-7-16(10-14)24-4/h5-7,10,15,17-19H,8-9,11-12H2,1-4H3,(H,22,23)/t15-,17-,18-,19+,21-/m1/s1. The third-order valence-corrected chi connectivity index (χ3v) is 7.27. The summed E-state index contributed by atoms with van der Waals surface area (Å²) < 4.78 is 11.7. The molecule has 0 unspecified atom stereocenters. The second-order valence-electron chi connectivity index (χ2n) is 8.75. The van der Waals surface area contributed by atoms with E-state index in [0.717, 1.165) is 18.8 Å². The Kier molecular flexibility index (Phi) is 3.87. The lowest BCUT2D eigenvalue weighted by Crippen LogP contribution is -2.58. The third-order valence-electron chi connectivity index (χ3n) is 7.27. The van der Waals surface area contributed by atoms with E-state index in [4.69, 9.17) is 9.47 Å². The Morgan fingerprint density at radius 1 is 1.36 bits per heavy atom. The minimum Gasteiger partial charge on any atom is -0.497 e. The van der Waals surface area contributed by atoms with Crippen LogP contribution in [-0.4, -0.2) is 25.7 Å². The van der Waals surface area contributed by atoms with Gasteiger partial charge in [-0.1, -0.05) is 26.0 Å². The van der Waals surface area contributed by atoms with Crippen LogP contribution in [0.25, 0.3) is 0 Å². The van der Waals surface area contributed by atoms with E-state index in [0.29, 0.717) is 11.8 Å². The molecule has 5 atom stereocenters. The number of amides is 1. The first-order valence-electron chi connectivity index (χ1n) is 9.41. The summed E-state index contributed by atoms with van der Waals surface area (Å²) in [5.74, 6) is 2.07. The molecular formula is C21H29NO3. The number of hydrogen-bond donors (Lipinski definition) is 1. The van der Waals surface area contributed by atoms with Gasteiger partial charge in [-0.25, -0.2) is 0 Å². The summed E-state index contributed by atoms with van der Waals surface area (Å²) in [5, 5.41) is 3.33. The minimum atomic E-state index is 0.0863. The molecule has 1 N–H and O–H groups in total. The Morgan fingerprint density at radius 2 is 2.16 bits per heavy atom. The maximum absolute atomic E-state index is 11.9.